The molecule has 0 aromatic heterocycles. The lowest BCUT2D eigenvalue weighted by Gasteiger charge is -2.30. The molecule has 0 saturated heterocycles. The Morgan fingerprint density at radius 3 is 2.79 bits per heavy atom. The number of hydrogen-bond acceptors (Lipinski definition) is 1. The van der Waals surface area contributed by atoms with E-state index in [2.05, 4.69) is 5.32 Å². The van der Waals surface area contributed by atoms with Crippen LogP contribution >= 0.6 is 23.2 Å². The molecule has 2 nitrogen and oxygen atoms in total. The largest absolute Gasteiger partial charge is 0.349 e. The van der Waals surface area contributed by atoms with Crippen LogP contribution in [0, 0.1) is 11.7 Å². The van der Waals surface area contributed by atoms with Crippen LogP contribution in [0.4, 0.5) is 4.39 Å². The summed E-state index contributed by atoms with van der Waals surface area (Å²) < 4.78 is 13.1. The normalized spacial score (nSPS) is 23.1. The summed E-state index contributed by atoms with van der Waals surface area (Å²) in [5, 5.41) is 2.94. The first kappa shape index (κ1) is 14.6. The van der Waals surface area contributed by atoms with Crippen molar-refractivity contribution in [3.8, 4) is 0 Å². The molecule has 1 N–H and O–H groups in total. The lowest BCUT2D eigenvalue weighted by atomic mass is 9.85. The summed E-state index contributed by atoms with van der Waals surface area (Å²) in [6.07, 6.45) is 4.24. The van der Waals surface area contributed by atoms with Gasteiger partial charge in [0.2, 0.25) is 0 Å². The summed E-state index contributed by atoms with van der Waals surface area (Å²) in [6.45, 7) is 0. The molecule has 1 amide bonds. The minimum atomic E-state index is -0.519. The Balaban J connectivity index is 2.05. The summed E-state index contributed by atoms with van der Waals surface area (Å²) in [5.74, 6) is 0.128. The number of alkyl halides is 1. The fraction of sp³-hybridized carbons (Fsp3) is 0.500. The third-order valence-corrected chi connectivity index (χ3v) is 4.29. The monoisotopic (exact) mass is 303 g/mol. The standard InChI is InChI=1S/C14H16Cl2FNO/c15-8-10-3-1-2-4-13(10)18-14(19)9-5-6-12(17)11(16)7-9/h5-7,10,13H,1-4,8H2,(H,18,19). The lowest BCUT2D eigenvalue weighted by molar-refractivity contribution is 0.0911. The molecule has 2 rings (SSSR count). The van der Waals surface area contributed by atoms with Crippen molar-refractivity contribution in [2.75, 3.05) is 5.88 Å². The van der Waals surface area contributed by atoms with Crippen LogP contribution in [0.3, 0.4) is 0 Å². The zero-order valence-electron chi connectivity index (χ0n) is 10.5. The molecule has 1 aliphatic rings. The first-order chi connectivity index (χ1) is 9.11. The number of amides is 1. The summed E-state index contributed by atoms with van der Waals surface area (Å²) in [4.78, 5) is 12.1. The predicted molar refractivity (Wildman–Crippen MR) is 75.3 cm³/mol. The second kappa shape index (κ2) is 6.58. The molecule has 0 aliphatic heterocycles. The maximum atomic E-state index is 13.1. The Labute approximate surface area is 122 Å². The van der Waals surface area contributed by atoms with Crippen molar-refractivity contribution in [2.45, 2.75) is 31.7 Å². The van der Waals surface area contributed by atoms with E-state index >= 15 is 0 Å². The molecule has 0 heterocycles. The number of hydrogen-bond donors (Lipinski definition) is 1. The van der Waals surface area contributed by atoms with E-state index in [1.165, 1.54) is 18.2 Å². The molecule has 5 heteroatoms. The SMILES string of the molecule is O=C(NC1CCCCC1CCl)c1ccc(F)c(Cl)c1. The van der Waals surface area contributed by atoms with Gasteiger partial charge < -0.3 is 5.32 Å². The van der Waals surface area contributed by atoms with Gasteiger partial charge >= 0.3 is 0 Å². The molecule has 1 aromatic rings. The van der Waals surface area contributed by atoms with E-state index in [1.807, 2.05) is 0 Å². The van der Waals surface area contributed by atoms with Crippen molar-refractivity contribution in [3.63, 3.8) is 0 Å². The number of carbonyl (C=O) groups is 1. The highest BCUT2D eigenvalue weighted by Gasteiger charge is 2.26. The van der Waals surface area contributed by atoms with Crippen LogP contribution in [0.1, 0.15) is 36.0 Å². The second-order valence-corrected chi connectivity index (χ2v) is 5.62. The van der Waals surface area contributed by atoms with E-state index in [-0.39, 0.29) is 17.0 Å². The van der Waals surface area contributed by atoms with E-state index in [0.29, 0.717) is 17.4 Å². The number of rotatable bonds is 3. The van der Waals surface area contributed by atoms with Crippen LogP contribution in [0.25, 0.3) is 0 Å². The quantitative estimate of drug-likeness (QED) is 0.840. The number of carbonyl (C=O) groups excluding carboxylic acids is 1. The van der Waals surface area contributed by atoms with Crippen LogP contribution in [-0.4, -0.2) is 17.8 Å². The van der Waals surface area contributed by atoms with Crippen LogP contribution in [-0.2, 0) is 0 Å². The molecular weight excluding hydrogens is 288 g/mol. The van der Waals surface area contributed by atoms with Gasteiger partial charge in [-0.15, -0.1) is 11.6 Å². The van der Waals surface area contributed by atoms with E-state index in [1.54, 1.807) is 0 Å². The van der Waals surface area contributed by atoms with E-state index in [0.717, 1.165) is 25.7 Å². The highest BCUT2D eigenvalue weighted by Crippen LogP contribution is 2.26. The van der Waals surface area contributed by atoms with Gasteiger partial charge in [-0.05, 0) is 37.0 Å². The van der Waals surface area contributed by atoms with Gasteiger partial charge in [0.1, 0.15) is 5.82 Å². The molecule has 19 heavy (non-hydrogen) atoms. The Morgan fingerprint density at radius 2 is 2.11 bits per heavy atom. The van der Waals surface area contributed by atoms with Gasteiger partial charge in [0.15, 0.2) is 0 Å². The van der Waals surface area contributed by atoms with E-state index in [9.17, 15) is 9.18 Å². The topological polar surface area (TPSA) is 29.1 Å². The molecular formula is C14H16Cl2FNO. The fourth-order valence-electron chi connectivity index (χ4n) is 2.47. The molecule has 1 fully saturated rings. The van der Waals surface area contributed by atoms with Crippen molar-refractivity contribution in [3.05, 3.63) is 34.6 Å². The number of halogens is 3. The number of nitrogens with one attached hydrogen (secondary N) is 1. The van der Waals surface area contributed by atoms with Crippen LogP contribution in [0.15, 0.2) is 18.2 Å². The zero-order valence-corrected chi connectivity index (χ0v) is 12.0. The van der Waals surface area contributed by atoms with Crippen LogP contribution < -0.4 is 5.32 Å². The molecule has 0 bridgehead atoms. The van der Waals surface area contributed by atoms with Crippen molar-refractivity contribution in [2.24, 2.45) is 5.92 Å². The fourth-order valence-corrected chi connectivity index (χ4v) is 3.02. The zero-order chi connectivity index (χ0) is 13.8. The molecule has 2 atom stereocenters. The van der Waals surface area contributed by atoms with Gasteiger partial charge in [0.05, 0.1) is 5.02 Å². The molecule has 2 unspecified atom stereocenters. The number of benzene rings is 1. The van der Waals surface area contributed by atoms with Gasteiger partial charge in [0.25, 0.3) is 5.91 Å². The Hall–Kier alpha value is -0.800. The third kappa shape index (κ3) is 3.61. The molecule has 0 spiro atoms. The minimum absolute atomic E-state index is 0.0369. The lowest BCUT2D eigenvalue weighted by Crippen LogP contribution is -2.42. The second-order valence-electron chi connectivity index (χ2n) is 4.91. The van der Waals surface area contributed by atoms with Crippen LogP contribution in [0.5, 0.6) is 0 Å². The van der Waals surface area contributed by atoms with E-state index in [4.69, 9.17) is 23.2 Å². The maximum Gasteiger partial charge on any atom is 0.251 e. The minimum Gasteiger partial charge on any atom is -0.349 e. The van der Waals surface area contributed by atoms with Gasteiger partial charge in [-0.25, -0.2) is 4.39 Å². The van der Waals surface area contributed by atoms with Gasteiger partial charge in [0, 0.05) is 17.5 Å². The van der Waals surface area contributed by atoms with Gasteiger partial charge in [-0.2, -0.15) is 0 Å². The summed E-state index contributed by atoms with van der Waals surface area (Å²) in [5.41, 5.74) is 0.380. The van der Waals surface area contributed by atoms with Crippen molar-refractivity contribution < 1.29 is 9.18 Å². The highest BCUT2D eigenvalue weighted by molar-refractivity contribution is 6.31. The highest BCUT2D eigenvalue weighted by atomic mass is 35.5. The summed E-state index contributed by atoms with van der Waals surface area (Å²) in [7, 11) is 0. The van der Waals surface area contributed by atoms with Gasteiger partial charge in [-0.3, -0.25) is 4.79 Å². The molecule has 1 saturated carbocycles. The molecule has 0 radical (unpaired) electrons. The first-order valence-electron chi connectivity index (χ1n) is 6.43. The first-order valence-corrected chi connectivity index (χ1v) is 7.35. The van der Waals surface area contributed by atoms with Crippen molar-refractivity contribution >= 4 is 29.1 Å². The van der Waals surface area contributed by atoms with Crippen molar-refractivity contribution in [1.82, 2.24) is 5.32 Å². The average Bonchev–Trinajstić information content (AvgIpc) is 2.42. The van der Waals surface area contributed by atoms with E-state index < -0.39 is 5.82 Å². The average molecular weight is 304 g/mol. The molecule has 104 valence electrons. The molecule has 1 aliphatic carbocycles. The van der Waals surface area contributed by atoms with Gasteiger partial charge in [-0.1, -0.05) is 24.4 Å². The van der Waals surface area contributed by atoms with Crippen LogP contribution in [0.2, 0.25) is 5.02 Å². The Bertz CT molecular complexity index is 467. The Morgan fingerprint density at radius 1 is 1.37 bits per heavy atom. The van der Waals surface area contributed by atoms with Crippen molar-refractivity contribution in [1.29, 1.82) is 0 Å². The predicted octanol–water partition coefficient (Wildman–Crippen LogP) is 4.01. The Kier molecular flexibility index (Phi) is 5.06. The maximum absolute atomic E-state index is 13.1. The smallest absolute Gasteiger partial charge is 0.251 e. The third-order valence-electron chi connectivity index (χ3n) is 3.61. The summed E-state index contributed by atoms with van der Waals surface area (Å²) in [6, 6.07) is 4.10. The molecule has 1 aromatic carbocycles. The summed E-state index contributed by atoms with van der Waals surface area (Å²) >= 11 is 11.6.